The molecule has 1 aromatic carbocycles. The molecule has 15 nitrogen and oxygen atoms in total. The summed E-state index contributed by atoms with van der Waals surface area (Å²) in [7, 11) is -1.52. The maximum absolute atomic E-state index is 12.5. The molecule has 0 spiro atoms. The number of phosphoric acid groups is 1. The number of nitrogens with zero attached hydrogens (tertiary/aromatic N) is 1. The molecule has 5 N–H and O–H groups in total. The first-order valence-electron chi connectivity index (χ1n) is 12.5. The predicted molar refractivity (Wildman–Crippen MR) is 144 cm³/mol. The summed E-state index contributed by atoms with van der Waals surface area (Å²) in [5, 5.41) is 13.0. The Kier molecular flexibility index (Phi) is 11.8. The molecule has 2 aromatic rings. The lowest BCUT2D eigenvalue weighted by molar-refractivity contribution is -0.0465. The van der Waals surface area contributed by atoms with E-state index in [1.165, 1.54) is 6.20 Å². The second-order valence-corrected chi connectivity index (χ2v) is 10.4. The third kappa shape index (κ3) is 9.09. The van der Waals surface area contributed by atoms with Gasteiger partial charge in [0, 0.05) is 39.0 Å². The fourth-order valence-corrected chi connectivity index (χ4v) is 4.39. The van der Waals surface area contributed by atoms with E-state index < -0.39 is 49.6 Å². The van der Waals surface area contributed by atoms with Gasteiger partial charge in [-0.15, -0.1) is 0 Å². The van der Waals surface area contributed by atoms with E-state index in [2.05, 4.69) is 31.2 Å². The number of nitrogens with one attached hydrogen (secondary N) is 2. The van der Waals surface area contributed by atoms with Crippen LogP contribution in [0.5, 0.6) is 5.75 Å². The van der Waals surface area contributed by atoms with Crippen LogP contribution < -0.4 is 27.0 Å². The van der Waals surface area contributed by atoms with Crippen molar-refractivity contribution in [3.05, 3.63) is 62.4 Å². The highest BCUT2D eigenvalue weighted by atomic mass is 31.2. The maximum Gasteiger partial charge on any atom is 0.474 e. The molecular formula is C25H33N4O11P. The molecule has 3 rings (SSSR count). The number of ether oxygens (including phenoxy) is 3. The summed E-state index contributed by atoms with van der Waals surface area (Å²) in [6.45, 7) is 1.94. The number of carbonyl (C=O) groups is 1. The molecule has 224 valence electrons. The molecule has 1 fully saturated rings. The van der Waals surface area contributed by atoms with Crippen LogP contribution in [0.2, 0.25) is 0 Å². The van der Waals surface area contributed by atoms with Crippen molar-refractivity contribution in [2.45, 2.75) is 38.0 Å². The van der Waals surface area contributed by atoms with Crippen molar-refractivity contribution in [3.8, 4) is 17.6 Å². The number of amides is 1. The Morgan fingerprint density at radius 1 is 1.34 bits per heavy atom. The molecule has 1 aliphatic rings. The monoisotopic (exact) mass is 596 g/mol. The number of aliphatic hydroxyl groups is 1. The van der Waals surface area contributed by atoms with Crippen molar-refractivity contribution in [1.82, 2.24) is 14.9 Å². The first-order chi connectivity index (χ1) is 19.6. The van der Waals surface area contributed by atoms with E-state index in [1.54, 1.807) is 24.3 Å². The minimum absolute atomic E-state index is 0.0203. The average Bonchev–Trinajstić information content (AvgIpc) is 3.33. The first-order valence-corrected chi connectivity index (χ1v) is 14.0. The molecule has 1 saturated heterocycles. The van der Waals surface area contributed by atoms with Crippen LogP contribution in [0.1, 0.15) is 35.5 Å². The molecule has 0 aliphatic carbocycles. The Morgan fingerprint density at radius 2 is 2.10 bits per heavy atom. The second-order valence-electron chi connectivity index (χ2n) is 8.57. The van der Waals surface area contributed by atoms with Crippen LogP contribution in [0.3, 0.4) is 0 Å². The molecule has 16 heteroatoms. The molecular weight excluding hydrogens is 563 g/mol. The zero-order chi connectivity index (χ0) is 30.0. The van der Waals surface area contributed by atoms with Crippen LogP contribution in [0.25, 0.3) is 0 Å². The van der Waals surface area contributed by atoms with E-state index >= 15 is 0 Å². The summed E-state index contributed by atoms with van der Waals surface area (Å²) in [6.07, 6.45) is -2.41. The minimum atomic E-state index is -3.80. The number of aromatic nitrogens is 2. The number of aromatic amines is 1. The van der Waals surface area contributed by atoms with E-state index in [-0.39, 0.29) is 31.7 Å². The van der Waals surface area contributed by atoms with Gasteiger partial charge in [-0.2, -0.15) is 0 Å². The summed E-state index contributed by atoms with van der Waals surface area (Å²) in [6, 6.07) is 6.46. The fourth-order valence-electron chi connectivity index (χ4n) is 3.70. The number of nitrogens with two attached hydrogens (primary N) is 1. The van der Waals surface area contributed by atoms with Crippen molar-refractivity contribution in [1.29, 1.82) is 0 Å². The van der Waals surface area contributed by atoms with Crippen LogP contribution in [-0.4, -0.2) is 79.6 Å². The first kappa shape index (κ1) is 32.2. The summed E-state index contributed by atoms with van der Waals surface area (Å²) in [5.74, 6) is 5.29. The van der Waals surface area contributed by atoms with Crippen LogP contribution in [0.4, 0.5) is 0 Å². The molecule has 0 saturated carbocycles. The SMILES string of the molecule is CCOC(N)COc1cccc(C(=O)NCC#Cc2cn(C3CC(O)C(COP(=O)(OC)OC)O3)c(=O)[nH]c2=O)c1. The van der Waals surface area contributed by atoms with Gasteiger partial charge in [0.1, 0.15) is 36.5 Å². The van der Waals surface area contributed by atoms with Crippen LogP contribution >= 0.6 is 7.82 Å². The molecule has 0 bridgehead atoms. The number of hydrogen-bond acceptors (Lipinski definition) is 12. The largest absolute Gasteiger partial charge is 0.489 e. The summed E-state index contributed by atoms with van der Waals surface area (Å²) in [4.78, 5) is 39.4. The van der Waals surface area contributed by atoms with Gasteiger partial charge < -0.3 is 30.4 Å². The summed E-state index contributed by atoms with van der Waals surface area (Å²) < 4.78 is 44.0. The molecule has 0 radical (unpaired) electrons. The number of rotatable bonds is 13. The Hall–Kier alpha value is -3.32. The van der Waals surface area contributed by atoms with Crippen molar-refractivity contribution >= 4 is 13.7 Å². The Morgan fingerprint density at radius 3 is 2.80 bits per heavy atom. The lowest BCUT2D eigenvalue weighted by Gasteiger charge is -2.19. The molecule has 4 unspecified atom stereocenters. The van der Waals surface area contributed by atoms with Crippen molar-refractivity contribution in [2.75, 3.05) is 40.6 Å². The van der Waals surface area contributed by atoms with Gasteiger partial charge in [0.2, 0.25) is 0 Å². The Labute approximate surface area is 235 Å². The highest BCUT2D eigenvalue weighted by Gasteiger charge is 2.38. The summed E-state index contributed by atoms with van der Waals surface area (Å²) in [5.41, 5.74) is 4.48. The molecule has 2 heterocycles. The Bertz CT molecular complexity index is 1410. The number of aliphatic hydroxyl groups excluding tert-OH is 1. The number of benzene rings is 1. The van der Waals surface area contributed by atoms with Crippen LogP contribution in [0.15, 0.2) is 40.1 Å². The van der Waals surface area contributed by atoms with Crippen molar-refractivity contribution in [3.63, 3.8) is 0 Å². The van der Waals surface area contributed by atoms with Crippen LogP contribution in [0, 0.1) is 11.8 Å². The highest BCUT2D eigenvalue weighted by Crippen LogP contribution is 2.48. The van der Waals surface area contributed by atoms with Gasteiger partial charge in [0.15, 0.2) is 0 Å². The average molecular weight is 597 g/mol. The third-order valence-corrected chi connectivity index (χ3v) is 7.14. The van der Waals surface area contributed by atoms with E-state index in [1.807, 2.05) is 6.92 Å². The van der Waals surface area contributed by atoms with Gasteiger partial charge in [-0.25, -0.2) is 9.36 Å². The van der Waals surface area contributed by atoms with E-state index in [0.29, 0.717) is 17.9 Å². The minimum Gasteiger partial charge on any atom is -0.489 e. The lowest BCUT2D eigenvalue weighted by atomic mass is 10.2. The van der Waals surface area contributed by atoms with Gasteiger partial charge in [-0.05, 0) is 25.1 Å². The number of hydrogen-bond donors (Lipinski definition) is 4. The van der Waals surface area contributed by atoms with Crippen LogP contribution in [-0.2, 0) is 27.6 Å². The predicted octanol–water partition coefficient (Wildman–Crippen LogP) is 0.0841. The number of phosphoric ester groups is 1. The molecule has 41 heavy (non-hydrogen) atoms. The normalized spacial score (nSPS) is 19.3. The standard InChI is InChI=1S/C25H33N4O11P/c1-4-37-21(26)15-38-18-9-5-7-16(11-18)23(31)27-10-6-8-17-13-29(25(33)28-24(17)32)22-12-19(30)20(40-22)14-39-41(34,35-2)36-3/h5,7,9,11,13,19-22,30H,4,10,12,14-15,26H2,1-3H3,(H,27,31)(H,28,32,33). The van der Waals surface area contributed by atoms with Gasteiger partial charge in [0.25, 0.3) is 11.5 Å². The van der Waals surface area contributed by atoms with Gasteiger partial charge in [-0.1, -0.05) is 17.9 Å². The van der Waals surface area contributed by atoms with E-state index in [0.717, 1.165) is 18.8 Å². The van der Waals surface area contributed by atoms with Crippen molar-refractivity contribution < 1.29 is 42.2 Å². The number of carbonyl (C=O) groups excluding carboxylic acids is 1. The van der Waals surface area contributed by atoms with E-state index in [4.69, 9.17) is 24.5 Å². The molecule has 1 amide bonds. The Balaban J connectivity index is 1.61. The van der Waals surface area contributed by atoms with Gasteiger partial charge in [0.05, 0.1) is 19.3 Å². The topological polar surface area (TPSA) is 203 Å². The molecule has 1 aliphatic heterocycles. The second kappa shape index (κ2) is 15.1. The zero-order valence-electron chi connectivity index (χ0n) is 22.7. The smallest absolute Gasteiger partial charge is 0.474 e. The maximum atomic E-state index is 12.5. The van der Waals surface area contributed by atoms with Gasteiger partial charge >= 0.3 is 13.5 Å². The van der Waals surface area contributed by atoms with Gasteiger partial charge in [-0.3, -0.25) is 32.7 Å². The summed E-state index contributed by atoms with van der Waals surface area (Å²) >= 11 is 0. The third-order valence-electron chi connectivity index (χ3n) is 5.78. The molecule has 1 aromatic heterocycles. The lowest BCUT2D eigenvalue weighted by Crippen LogP contribution is -2.34. The molecule has 4 atom stereocenters. The highest BCUT2D eigenvalue weighted by molar-refractivity contribution is 7.48. The van der Waals surface area contributed by atoms with Crippen molar-refractivity contribution in [2.24, 2.45) is 5.73 Å². The quantitative estimate of drug-likeness (QED) is 0.138. The zero-order valence-corrected chi connectivity index (χ0v) is 23.6. The fraction of sp³-hybridized carbons (Fsp3) is 0.480. The van der Waals surface area contributed by atoms with E-state index in [9.17, 15) is 24.1 Å². The number of H-pyrrole nitrogens is 1.